The number of aromatic nitrogens is 4. The Morgan fingerprint density at radius 3 is 2.73 bits per heavy atom. The van der Waals surface area contributed by atoms with Crippen molar-refractivity contribution in [1.29, 1.82) is 0 Å². The Morgan fingerprint density at radius 2 is 2.00 bits per heavy atom. The van der Waals surface area contributed by atoms with E-state index in [0.717, 1.165) is 6.42 Å². The maximum Gasteiger partial charge on any atom is 0.278 e. The number of nitrogens with one attached hydrogen (secondary N) is 1. The van der Waals surface area contributed by atoms with E-state index in [-0.39, 0.29) is 11.2 Å². The lowest BCUT2D eigenvalue weighted by atomic mass is 9.99. The second kappa shape index (κ2) is 7.47. The predicted octanol–water partition coefficient (Wildman–Crippen LogP) is -0.275. The van der Waals surface area contributed by atoms with Gasteiger partial charge in [-0.15, -0.1) is 0 Å². The second-order valence-corrected chi connectivity index (χ2v) is 7.76. The second-order valence-electron chi connectivity index (χ2n) is 7.76. The van der Waals surface area contributed by atoms with Crippen LogP contribution in [0.3, 0.4) is 0 Å². The highest BCUT2D eigenvalue weighted by molar-refractivity contribution is 5.74. The molecule has 1 aromatic carbocycles. The third-order valence-electron chi connectivity index (χ3n) is 5.98. The fourth-order valence-corrected chi connectivity index (χ4v) is 4.40. The third kappa shape index (κ3) is 3.00. The van der Waals surface area contributed by atoms with Crippen LogP contribution in [0.15, 0.2) is 41.5 Å². The molecule has 2 fully saturated rings. The first kappa shape index (κ1) is 19.2. The van der Waals surface area contributed by atoms with Crippen LogP contribution in [0.4, 0.5) is 5.95 Å². The Labute approximate surface area is 171 Å². The molecule has 10 nitrogen and oxygen atoms in total. The van der Waals surface area contributed by atoms with E-state index < -0.39 is 36.7 Å². The molecule has 4 heterocycles. The van der Waals surface area contributed by atoms with E-state index in [2.05, 4.69) is 27.1 Å². The van der Waals surface area contributed by atoms with E-state index in [0.29, 0.717) is 25.0 Å². The number of hydrogen-bond acceptors (Lipinski definition) is 8. The van der Waals surface area contributed by atoms with E-state index >= 15 is 0 Å². The van der Waals surface area contributed by atoms with Crippen LogP contribution < -0.4 is 10.5 Å². The predicted molar refractivity (Wildman–Crippen MR) is 107 cm³/mol. The van der Waals surface area contributed by atoms with Crippen molar-refractivity contribution < 1.29 is 20.1 Å². The van der Waals surface area contributed by atoms with E-state index in [1.54, 1.807) is 4.57 Å². The normalized spacial score (nSPS) is 29.2. The average molecular weight is 413 g/mol. The van der Waals surface area contributed by atoms with Crippen LogP contribution in [0, 0.1) is 0 Å². The summed E-state index contributed by atoms with van der Waals surface area (Å²) in [5, 5.41) is 30.3. The number of fused-ring (bicyclic) bond motifs is 1. The number of benzene rings is 1. The number of aliphatic hydroxyl groups is 3. The Morgan fingerprint density at radius 1 is 1.20 bits per heavy atom. The van der Waals surface area contributed by atoms with Gasteiger partial charge >= 0.3 is 0 Å². The number of hydrogen-bond donors (Lipinski definition) is 4. The van der Waals surface area contributed by atoms with Crippen molar-refractivity contribution in [1.82, 2.24) is 19.5 Å². The van der Waals surface area contributed by atoms with Gasteiger partial charge in [0.1, 0.15) is 18.3 Å². The molecule has 3 aromatic rings. The van der Waals surface area contributed by atoms with Crippen molar-refractivity contribution in [3.8, 4) is 0 Å². The fraction of sp³-hybridized carbons (Fsp3) is 0.450. The van der Waals surface area contributed by atoms with Crippen molar-refractivity contribution in [3.05, 3.63) is 52.6 Å². The number of aliphatic hydroxyl groups excluding tert-OH is 3. The summed E-state index contributed by atoms with van der Waals surface area (Å²) in [5.41, 5.74) is 1.22. The highest BCUT2D eigenvalue weighted by Gasteiger charge is 2.45. The first-order valence-electron chi connectivity index (χ1n) is 9.96. The Hall–Kier alpha value is -2.79. The van der Waals surface area contributed by atoms with Crippen LogP contribution in [0.2, 0.25) is 0 Å². The maximum atomic E-state index is 12.3. The summed E-state index contributed by atoms with van der Waals surface area (Å²) in [5.74, 6) is 0.748. The molecule has 10 heteroatoms. The zero-order valence-electron chi connectivity index (χ0n) is 16.1. The minimum Gasteiger partial charge on any atom is -0.394 e. The molecule has 4 N–H and O–H groups in total. The molecule has 0 unspecified atom stereocenters. The van der Waals surface area contributed by atoms with Crippen molar-refractivity contribution in [3.63, 3.8) is 0 Å². The van der Waals surface area contributed by atoms with E-state index in [1.807, 2.05) is 23.1 Å². The standard InChI is InChI=1S/C20H23N5O5/c26-9-13-15(27)16(28)19(30-13)25-17-14(18(29)22-10-21-17)23-20(25)24-7-6-12(8-24)11-4-2-1-3-5-11/h1-5,10,12-13,15-16,19,26-28H,6-9H2,(H,21,22,29)/t12-,13+,15+,16+,19+/m1/s1. The van der Waals surface area contributed by atoms with Crippen LogP contribution in [-0.4, -0.2) is 72.8 Å². The third-order valence-corrected chi connectivity index (χ3v) is 5.98. The van der Waals surface area contributed by atoms with Gasteiger partial charge in [0.25, 0.3) is 5.56 Å². The molecule has 5 rings (SSSR count). The summed E-state index contributed by atoms with van der Waals surface area (Å²) in [7, 11) is 0. The zero-order chi connectivity index (χ0) is 20.8. The number of anilines is 1. The van der Waals surface area contributed by atoms with Gasteiger partial charge in [0, 0.05) is 19.0 Å². The minimum absolute atomic E-state index is 0.133. The lowest BCUT2D eigenvalue weighted by Crippen LogP contribution is -2.34. The Bertz CT molecular complexity index is 1100. The Balaban J connectivity index is 1.57. The molecule has 2 aliphatic rings. The molecular formula is C20H23N5O5. The molecule has 158 valence electrons. The molecule has 2 aromatic heterocycles. The molecule has 2 aliphatic heterocycles. The van der Waals surface area contributed by atoms with Crippen LogP contribution >= 0.6 is 0 Å². The number of H-pyrrole nitrogens is 1. The summed E-state index contributed by atoms with van der Waals surface area (Å²) in [6.45, 7) is 0.945. The number of aromatic amines is 1. The SMILES string of the molecule is O=c1[nH]cnc2c1nc(N1CC[C@@H](c3ccccc3)C1)n2[C@H]1O[C@@H](CO)[C@H](O)[C@@H]1O. The monoisotopic (exact) mass is 413 g/mol. The topological polar surface area (TPSA) is 137 Å². The number of imidazole rings is 1. The molecular weight excluding hydrogens is 390 g/mol. The van der Waals surface area contributed by atoms with Crippen LogP contribution in [0.25, 0.3) is 11.2 Å². The highest BCUT2D eigenvalue weighted by Crippen LogP contribution is 2.37. The molecule has 30 heavy (non-hydrogen) atoms. The van der Waals surface area contributed by atoms with Gasteiger partial charge in [-0.2, -0.15) is 0 Å². The molecule has 0 amide bonds. The summed E-state index contributed by atoms with van der Waals surface area (Å²) in [6, 6.07) is 10.2. The molecule has 5 atom stereocenters. The summed E-state index contributed by atoms with van der Waals surface area (Å²) < 4.78 is 7.29. The first-order valence-corrected chi connectivity index (χ1v) is 9.96. The minimum atomic E-state index is -1.30. The maximum absolute atomic E-state index is 12.3. The highest BCUT2D eigenvalue weighted by atomic mass is 16.6. The van der Waals surface area contributed by atoms with Gasteiger partial charge in [0.15, 0.2) is 17.4 Å². The van der Waals surface area contributed by atoms with Gasteiger partial charge in [0.2, 0.25) is 5.95 Å². The number of nitrogens with zero attached hydrogens (tertiary/aromatic N) is 4. The molecule has 2 saturated heterocycles. The number of ether oxygens (including phenoxy) is 1. The van der Waals surface area contributed by atoms with E-state index in [9.17, 15) is 20.1 Å². The smallest absolute Gasteiger partial charge is 0.278 e. The van der Waals surface area contributed by atoms with Crippen molar-refractivity contribution in [2.75, 3.05) is 24.6 Å². The van der Waals surface area contributed by atoms with Gasteiger partial charge in [-0.3, -0.25) is 9.36 Å². The van der Waals surface area contributed by atoms with Gasteiger partial charge in [-0.1, -0.05) is 30.3 Å². The molecule has 0 bridgehead atoms. The molecule has 0 spiro atoms. The van der Waals surface area contributed by atoms with Crippen LogP contribution in [-0.2, 0) is 4.74 Å². The van der Waals surface area contributed by atoms with Crippen molar-refractivity contribution >= 4 is 17.1 Å². The van der Waals surface area contributed by atoms with Gasteiger partial charge < -0.3 is 29.9 Å². The van der Waals surface area contributed by atoms with Crippen molar-refractivity contribution in [2.45, 2.75) is 36.9 Å². The van der Waals surface area contributed by atoms with Crippen LogP contribution in [0.5, 0.6) is 0 Å². The fourth-order valence-electron chi connectivity index (χ4n) is 4.40. The zero-order valence-corrected chi connectivity index (χ0v) is 16.1. The summed E-state index contributed by atoms with van der Waals surface area (Å²) in [4.78, 5) is 25.7. The van der Waals surface area contributed by atoms with Gasteiger partial charge in [-0.05, 0) is 12.0 Å². The van der Waals surface area contributed by atoms with Gasteiger partial charge in [0.05, 0.1) is 12.9 Å². The first-order chi connectivity index (χ1) is 14.6. The van der Waals surface area contributed by atoms with E-state index in [1.165, 1.54) is 11.9 Å². The van der Waals surface area contributed by atoms with E-state index in [4.69, 9.17) is 4.74 Å². The lowest BCUT2D eigenvalue weighted by molar-refractivity contribution is -0.0504. The molecule has 0 aliphatic carbocycles. The quantitative estimate of drug-likeness (QED) is 0.459. The lowest BCUT2D eigenvalue weighted by Gasteiger charge is -2.24. The summed E-state index contributed by atoms with van der Waals surface area (Å²) in [6.07, 6.45) is -2.34. The Kier molecular flexibility index (Phi) is 4.78. The largest absolute Gasteiger partial charge is 0.394 e. The van der Waals surface area contributed by atoms with Crippen molar-refractivity contribution in [2.24, 2.45) is 0 Å². The van der Waals surface area contributed by atoms with Crippen LogP contribution in [0.1, 0.15) is 24.1 Å². The summed E-state index contributed by atoms with van der Waals surface area (Å²) >= 11 is 0. The average Bonchev–Trinajstić information content (AvgIpc) is 3.46. The van der Waals surface area contributed by atoms with Gasteiger partial charge in [-0.25, -0.2) is 9.97 Å². The number of rotatable bonds is 4. The molecule has 0 saturated carbocycles. The molecule has 0 radical (unpaired) electrons.